The minimum absolute atomic E-state index is 0.0892. The third-order valence-electron chi connectivity index (χ3n) is 4.40. The number of rotatable bonds is 3. The van der Waals surface area contributed by atoms with E-state index in [1.807, 2.05) is 41.3 Å². The van der Waals surface area contributed by atoms with Gasteiger partial charge in [-0.15, -0.1) is 0 Å². The van der Waals surface area contributed by atoms with Crippen molar-refractivity contribution in [3.8, 4) is 0 Å². The number of carbonyl (C=O) groups is 1. The van der Waals surface area contributed by atoms with E-state index in [9.17, 15) is 4.79 Å². The van der Waals surface area contributed by atoms with Crippen molar-refractivity contribution in [1.82, 2.24) is 9.80 Å². The third-order valence-corrected chi connectivity index (χ3v) is 4.40. The van der Waals surface area contributed by atoms with Gasteiger partial charge in [-0.3, -0.25) is 9.69 Å². The third kappa shape index (κ3) is 2.34. The van der Waals surface area contributed by atoms with Crippen LogP contribution in [-0.2, 0) is 11.3 Å². The van der Waals surface area contributed by atoms with Gasteiger partial charge in [0.15, 0.2) is 0 Å². The molecular formula is C18H18N2O. The molecule has 2 heterocycles. The molecule has 3 nitrogen and oxygen atoms in total. The predicted molar refractivity (Wildman–Crippen MR) is 81.5 cm³/mol. The molecule has 0 radical (unpaired) electrons. The maximum Gasteiger partial charge on any atom is 0.244 e. The average Bonchev–Trinajstić information content (AvgIpc) is 3.28. The predicted octanol–water partition coefficient (Wildman–Crippen LogP) is 2.45. The summed E-state index contributed by atoms with van der Waals surface area (Å²) in [5.74, 6) is 0.235. The summed E-state index contributed by atoms with van der Waals surface area (Å²) in [7, 11) is 0. The highest BCUT2D eigenvalue weighted by molar-refractivity contribution is 5.85. The lowest BCUT2D eigenvalue weighted by Crippen LogP contribution is -2.45. The summed E-state index contributed by atoms with van der Waals surface area (Å²) in [6.07, 6.45) is 0. The summed E-state index contributed by atoms with van der Waals surface area (Å²) < 4.78 is 0. The highest BCUT2D eigenvalue weighted by Crippen LogP contribution is 2.38. The van der Waals surface area contributed by atoms with E-state index in [0.29, 0.717) is 12.6 Å². The summed E-state index contributed by atoms with van der Waals surface area (Å²) in [5.41, 5.74) is 2.31. The maximum absolute atomic E-state index is 12.9. The van der Waals surface area contributed by atoms with E-state index in [1.54, 1.807) is 0 Å². The van der Waals surface area contributed by atoms with Crippen molar-refractivity contribution in [1.29, 1.82) is 0 Å². The van der Waals surface area contributed by atoms with E-state index in [4.69, 9.17) is 0 Å². The highest BCUT2D eigenvalue weighted by Gasteiger charge is 2.50. The molecule has 2 aromatic rings. The van der Waals surface area contributed by atoms with Crippen molar-refractivity contribution in [2.45, 2.75) is 18.6 Å². The average molecular weight is 278 g/mol. The molecule has 2 aliphatic heterocycles. The van der Waals surface area contributed by atoms with Gasteiger partial charge >= 0.3 is 0 Å². The summed E-state index contributed by atoms with van der Waals surface area (Å²) >= 11 is 0. The van der Waals surface area contributed by atoms with Crippen molar-refractivity contribution in [2.24, 2.45) is 0 Å². The van der Waals surface area contributed by atoms with E-state index in [2.05, 4.69) is 29.2 Å². The molecule has 0 N–H and O–H groups in total. The van der Waals surface area contributed by atoms with Crippen LogP contribution in [0.1, 0.15) is 17.2 Å². The Labute approximate surface area is 124 Å². The molecular weight excluding hydrogens is 260 g/mol. The molecule has 1 amide bonds. The fourth-order valence-corrected chi connectivity index (χ4v) is 3.25. The van der Waals surface area contributed by atoms with Crippen molar-refractivity contribution in [2.75, 3.05) is 13.1 Å². The van der Waals surface area contributed by atoms with Crippen molar-refractivity contribution in [3.63, 3.8) is 0 Å². The molecule has 0 saturated carbocycles. The Bertz CT molecular complexity index is 641. The quantitative estimate of drug-likeness (QED) is 0.805. The lowest BCUT2D eigenvalue weighted by molar-refractivity contribution is -0.138. The number of amides is 1. The van der Waals surface area contributed by atoms with Crippen molar-refractivity contribution < 1.29 is 4.79 Å². The number of hydrogen-bond acceptors (Lipinski definition) is 2. The second-order valence-corrected chi connectivity index (χ2v) is 5.87. The van der Waals surface area contributed by atoms with Crippen LogP contribution in [0.3, 0.4) is 0 Å². The number of benzene rings is 2. The molecule has 0 bridgehead atoms. The Morgan fingerprint density at radius 1 is 0.905 bits per heavy atom. The smallest absolute Gasteiger partial charge is 0.244 e. The molecule has 0 spiro atoms. The van der Waals surface area contributed by atoms with Crippen molar-refractivity contribution in [3.05, 3.63) is 71.8 Å². The zero-order valence-corrected chi connectivity index (χ0v) is 11.9. The van der Waals surface area contributed by atoms with E-state index in [0.717, 1.165) is 18.7 Å². The highest BCUT2D eigenvalue weighted by atomic mass is 16.2. The van der Waals surface area contributed by atoms with Gasteiger partial charge in [0.2, 0.25) is 5.91 Å². The molecule has 3 heteroatoms. The second-order valence-electron chi connectivity index (χ2n) is 5.87. The summed E-state index contributed by atoms with van der Waals surface area (Å²) in [6, 6.07) is 20.8. The maximum atomic E-state index is 12.9. The summed E-state index contributed by atoms with van der Waals surface area (Å²) in [5, 5.41) is 0. The number of carbonyl (C=O) groups excluding carboxylic acids is 1. The largest absolute Gasteiger partial charge is 0.335 e. The molecule has 2 aromatic carbocycles. The molecule has 3 atom stereocenters. The lowest BCUT2D eigenvalue weighted by atomic mass is 10.0. The standard InChI is InChI=1S/C18H18N2O/c21-18-17(15-9-5-2-6-10-15)20-13-16(20)12-19(18)11-14-7-3-1-4-8-14/h1-10,16-17H,11-13H2. The Balaban J connectivity index is 1.58. The number of piperazine rings is 1. The first-order valence-electron chi connectivity index (χ1n) is 7.46. The van der Waals surface area contributed by atoms with E-state index >= 15 is 0 Å². The summed E-state index contributed by atoms with van der Waals surface area (Å²) in [4.78, 5) is 17.2. The van der Waals surface area contributed by atoms with Gasteiger partial charge in [0, 0.05) is 25.7 Å². The van der Waals surface area contributed by atoms with Crippen LogP contribution in [0, 0.1) is 0 Å². The SMILES string of the molecule is O=C1C(c2ccccc2)N2CC2CN1Cc1ccccc1. The molecule has 2 aliphatic rings. The normalized spacial score (nSPS) is 27.3. The Morgan fingerprint density at radius 3 is 2.29 bits per heavy atom. The first-order valence-corrected chi connectivity index (χ1v) is 7.46. The molecule has 2 fully saturated rings. The van der Waals surface area contributed by atoms with E-state index in [-0.39, 0.29) is 11.9 Å². The second kappa shape index (κ2) is 5.01. The Hall–Kier alpha value is -2.13. The molecule has 0 aliphatic carbocycles. The number of nitrogens with zero attached hydrogens (tertiary/aromatic N) is 2. The zero-order valence-electron chi connectivity index (χ0n) is 11.9. The molecule has 3 unspecified atom stereocenters. The van der Waals surface area contributed by atoms with Crippen molar-refractivity contribution >= 4 is 5.91 Å². The lowest BCUT2D eigenvalue weighted by Gasteiger charge is -2.33. The molecule has 0 aromatic heterocycles. The first-order chi connectivity index (χ1) is 10.3. The minimum Gasteiger partial charge on any atom is -0.335 e. The van der Waals surface area contributed by atoms with Crippen LogP contribution in [0.4, 0.5) is 0 Å². The zero-order chi connectivity index (χ0) is 14.2. The van der Waals surface area contributed by atoms with E-state index in [1.165, 1.54) is 5.56 Å². The van der Waals surface area contributed by atoms with Crippen LogP contribution in [0.5, 0.6) is 0 Å². The summed E-state index contributed by atoms with van der Waals surface area (Å²) in [6.45, 7) is 2.61. The van der Waals surface area contributed by atoms with Crippen LogP contribution in [0.15, 0.2) is 60.7 Å². The minimum atomic E-state index is -0.0892. The number of hydrogen-bond donors (Lipinski definition) is 0. The van der Waals surface area contributed by atoms with Gasteiger partial charge in [-0.05, 0) is 11.1 Å². The molecule has 21 heavy (non-hydrogen) atoms. The Morgan fingerprint density at radius 2 is 1.57 bits per heavy atom. The van der Waals surface area contributed by atoms with E-state index < -0.39 is 0 Å². The fraction of sp³-hybridized carbons (Fsp3) is 0.278. The Kier molecular flexibility index (Phi) is 3.00. The molecule has 106 valence electrons. The van der Waals surface area contributed by atoms with Gasteiger partial charge in [0.05, 0.1) is 0 Å². The van der Waals surface area contributed by atoms with Gasteiger partial charge in [-0.1, -0.05) is 60.7 Å². The first kappa shape index (κ1) is 12.6. The van der Waals surface area contributed by atoms with Gasteiger partial charge < -0.3 is 4.90 Å². The van der Waals surface area contributed by atoms with Crippen LogP contribution in [0.2, 0.25) is 0 Å². The van der Waals surface area contributed by atoms with Gasteiger partial charge in [0.1, 0.15) is 6.04 Å². The van der Waals surface area contributed by atoms with Gasteiger partial charge in [-0.25, -0.2) is 0 Å². The van der Waals surface area contributed by atoms with Crippen LogP contribution in [0.25, 0.3) is 0 Å². The van der Waals surface area contributed by atoms with Crippen LogP contribution in [-0.4, -0.2) is 34.8 Å². The topological polar surface area (TPSA) is 23.3 Å². The van der Waals surface area contributed by atoms with Crippen LogP contribution < -0.4 is 0 Å². The molecule has 4 rings (SSSR count). The molecule has 2 saturated heterocycles. The van der Waals surface area contributed by atoms with Crippen LogP contribution >= 0.6 is 0 Å². The fourth-order valence-electron chi connectivity index (χ4n) is 3.25. The van der Waals surface area contributed by atoms with Gasteiger partial charge in [-0.2, -0.15) is 0 Å². The van der Waals surface area contributed by atoms with Gasteiger partial charge in [0.25, 0.3) is 0 Å². The number of fused-ring (bicyclic) bond motifs is 1. The monoisotopic (exact) mass is 278 g/mol.